The molecule has 0 saturated carbocycles. The van der Waals surface area contributed by atoms with E-state index in [-0.39, 0.29) is 36.2 Å². The zero-order valence-corrected chi connectivity index (χ0v) is 30.4. The van der Waals surface area contributed by atoms with Gasteiger partial charge in [0.25, 0.3) is 20.2 Å². The van der Waals surface area contributed by atoms with E-state index in [2.05, 4.69) is 0 Å². The molecule has 0 aliphatic heterocycles. The molecular formula is C33H52O15S2. The van der Waals surface area contributed by atoms with Crippen molar-refractivity contribution in [3.8, 4) is 0 Å². The maximum absolute atomic E-state index is 12.1. The van der Waals surface area contributed by atoms with Gasteiger partial charge in [-0.2, -0.15) is 16.8 Å². The minimum absolute atomic E-state index is 0.0681. The van der Waals surface area contributed by atoms with Crippen LogP contribution in [0.15, 0.2) is 64.4 Å². The van der Waals surface area contributed by atoms with Crippen LogP contribution in [-0.4, -0.2) is 149 Å². The molecule has 0 saturated heterocycles. The molecule has 0 aromatic heterocycles. The number of hydrogen-bond acceptors (Lipinski definition) is 15. The van der Waals surface area contributed by atoms with E-state index in [0.29, 0.717) is 106 Å². The van der Waals surface area contributed by atoms with Crippen molar-refractivity contribution >= 4 is 20.2 Å². The zero-order valence-electron chi connectivity index (χ0n) is 28.8. The molecule has 15 nitrogen and oxygen atoms in total. The molecule has 0 radical (unpaired) electrons. The second kappa shape index (κ2) is 28.5. The van der Waals surface area contributed by atoms with Crippen LogP contribution in [0.5, 0.6) is 0 Å². The van der Waals surface area contributed by atoms with Crippen LogP contribution in [0.25, 0.3) is 0 Å². The van der Waals surface area contributed by atoms with Gasteiger partial charge < -0.3 is 42.6 Å². The average Bonchev–Trinajstić information content (AvgIpc) is 3.11. The largest absolute Gasteiger partial charge is 0.377 e. The summed E-state index contributed by atoms with van der Waals surface area (Å²) in [5.41, 5.74) is 0.969. The van der Waals surface area contributed by atoms with Crippen molar-refractivity contribution in [2.45, 2.75) is 16.7 Å². The molecule has 17 heteroatoms. The lowest BCUT2D eigenvalue weighted by Crippen LogP contribution is -2.16. The van der Waals surface area contributed by atoms with Crippen LogP contribution in [0.2, 0.25) is 0 Å². The number of benzene rings is 2. The van der Waals surface area contributed by atoms with Crippen LogP contribution in [0.4, 0.5) is 0 Å². The fourth-order valence-corrected chi connectivity index (χ4v) is 5.50. The Balaban J connectivity index is 1.20. The third-order valence-corrected chi connectivity index (χ3v) is 8.90. The summed E-state index contributed by atoms with van der Waals surface area (Å²) in [6.45, 7) is 8.60. The summed E-state index contributed by atoms with van der Waals surface area (Å²) in [5.74, 6) is 0. The highest BCUT2D eigenvalue weighted by Gasteiger charge is 2.15. The first kappa shape index (κ1) is 44.1. The molecule has 0 bridgehead atoms. The monoisotopic (exact) mass is 752 g/mol. The third-order valence-electron chi connectivity index (χ3n) is 6.25. The minimum Gasteiger partial charge on any atom is -0.377 e. The van der Waals surface area contributed by atoms with Crippen molar-refractivity contribution < 1.29 is 67.8 Å². The van der Waals surface area contributed by atoms with Gasteiger partial charge in [-0.25, -0.2) is 0 Å². The normalized spacial score (nSPS) is 12.1. The number of ether oxygens (including phenoxy) is 9. The Morgan fingerprint density at radius 1 is 0.340 bits per heavy atom. The van der Waals surface area contributed by atoms with Gasteiger partial charge in [0.1, 0.15) is 0 Å². The standard InChI is InChI=1S/C33H52O15S2/c1-31-7-9-33(10-8-31)50(36,37)48-30-28-46-26-24-44-22-20-42-18-16-40-14-12-38-11-13-39-15-17-41-19-21-43-23-25-45-27-29-47-49(34,35)32-5-3-2-4-6-32/h2-10H,11-30H2,1H3. The highest BCUT2D eigenvalue weighted by molar-refractivity contribution is 7.87. The van der Waals surface area contributed by atoms with Gasteiger partial charge in [-0.15, -0.1) is 0 Å². The number of hydrogen-bond donors (Lipinski definition) is 0. The topological polar surface area (TPSA) is 170 Å². The molecule has 0 fully saturated rings. The summed E-state index contributed by atoms with van der Waals surface area (Å²) >= 11 is 0. The van der Waals surface area contributed by atoms with E-state index >= 15 is 0 Å². The van der Waals surface area contributed by atoms with E-state index in [1.165, 1.54) is 24.3 Å². The fraction of sp³-hybridized carbons (Fsp3) is 0.636. The molecule has 0 aliphatic carbocycles. The van der Waals surface area contributed by atoms with E-state index < -0.39 is 20.2 Å². The molecule has 286 valence electrons. The van der Waals surface area contributed by atoms with Gasteiger partial charge in [0.05, 0.1) is 142 Å². The van der Waals surface area contributed by atoms with Crippen LogP contribution in [0.1, 0.15) is 5.56 Å². The third kappa shape index (κ3) is 22.7. The second-order valence-corrected chi connectivity index (χ2v) is 13.4. The van der Waals surface area contributed by atoms with Crippen molar-refractivity contribution in [2.24, 2.45) is 0 Å². The summed E-state index contributed by atoms with van der Waals surface area (Å²) in [6, 6.07) is 14.4. The van der Waals surface area contributed by atoms with Gasteiger partial charge in [-0.1, -0.05) is 35.9 Å². The molecule has 0 heterocycles. The highest BCUT2D eigenvalue weighted by atomic mass is 32.2. The molecule has 0 spiro atoms. The Labute approximate surface area is 296 Å². The van der Waals surface area contributed by atoms with Crippen molar-refractivity contribution in [2.75, 3.05) is 132 Å². The van der Waals surface area contributed by atoms with Crippen LogP contribution in [-0.2, 0) is 71.2 Å². The Bertz CT molecular complexity index is 1290. The molecule has 0 aliphatic rings. The van der Waals surface area contributed by atoms with Gasteiger partial charge >= 0.3 is 0 Å². The van der Waals surface area contributed by atoms with Gasteiger partial charge in [0.2, 0.25) is 0 Å². The zero-order chi connectivity index (χ0) is 36.0. The Kier molecular flexibility index (Phi) is 25.1. The van der Waals surface area contributed by atoms with Crippen molar-refractivity contribution in [3.05, 3.63) is 60.2 Å². The van der Waals surface area contributed by atoms with Gasteiger partial charge in [0.15, 0.2) is 0 Å². The maximum atomic E-state index is 12.1. The molecular weight excluding hydrogens is 700 g/mol. The van der Waals surface area contributed by atoms with E-state index in [1.54, 1.807) is 30.3 Å². The quantitative estimate of drug-likeness (QED) is 0.0753. The first-order chi connectivity index (χ1) is 24.3. The molecule has 2 aromatic rings. The summed E-state index contributed by atoms with van der Waals surface area (Å²) < 4.78 is 107. The predicted octanol–water partition coefficient (Wildman–Crippen LogP) is 2.26. The lowest BCUT2D eigenvalue weighted by molar-refractivity contribution is -0.0257. The van der Waals surface area contributed by atoms with Crippen molar-refractivity contribution in [3.63, 3.8) is 0 Å². The SMILES string of the molecule is Cc1ccc(S(=O)(=O)OCCOCCOCCOCCOCCOCCOCCOCCOCCOCCOS(=O)(=O)c2ccccc2)cc1. The summed E-state index contributed by atoms with van der Waals surface area (Å²) in [5, 5.41) is 0. The molecule has 2 aromatic carbocycles. The van der Waals surface area contributed by atoms with Crippen LogP contribution < -0.4 is 0 Å². The molecule has 0 amide bonds. The first-order valence-electron chi connectivity index (χ1n) is 16.4. The van der Waals surface area contributed by atoms with E-state index in [0.717, 1.165) is 5.56 Å². The Morgan fingerprint density at radius 2 is 0.580 bits per heavy atom. The Morgan fingerprint density at radius 3 is 0.860 bits per heavy atom. The highest BCUT2D eigenvalue weighted by Crippen LogP contribution is 2.13. The van der Waals surface area contributed by atoms with Gasteiger partial charge in [0, 0.05) is 0 Å². The summed E-state index contributed by atoms with van der Waals surface area (Å²) in [4.78, 5) is 0.233. The lowest BCUT2D eigenvalue weighted by Gasteiger charge is -2.09. The van der Waals surface area contributed by atoms with Crippen LogP contribution in [0.3, 0.4) is 0 Å². The average molecular weight is 753 g/mol. The Hall–Kier alpha value is -2.10. The van der Waals surface area contributed by atoms with Crippen molar-refractivity contribution in [1.29, 1.82) is 0 Å². The van der Waals surface area contributed by atoms with E-state index in [9.17, 15) is 16.8 Å². The number of aryl methyl sites for hydroxylation is 1. The second-order valence-electron chi connectivity index (χ2n) is 10.2. The molecule has 0 unspecified atom stereocenters. The number of rotatable bonds is 34. The molecule has 0 atom stereocenters. The van der Waals surface area contributed by atoms with Gasteiger partial charge in [-0.3, -0.25) is 8.37 Å². The van der Waals surface area contributed by atoms with E-state index in [4.69, 9.17) is 51.0 Å². The molecule has 0 N–H and O–H groups in total. The summed E-state index contributed by atoms with van der Waals surface area (Å²) in [7, 11) is -7.55. The molecule has 50 heavy (non-hydrogen) atoms. The van der Waals surface area contributed by atoms with Gasteiger partial charge in [-0.05, 0) is 31.2 Å². The van der Waals surface area contributed by atoms with E-state index in [1.807, 2.05) is 6.92 Å². The predicted molar refractivity (Wildman–Crippen MR) is 181 cm³/mol. The minimum atomic E-state index is -3.78. The fourth-order valence-electron chi connectivity index (χ4n) is 3.69. The van der Waals surface area contributed by atoms with Crippen LogP contribution in [0, 0.1) is 6.92 Å². The smallest absolute Gasteiger partial charge is 0.297 e. The van der Waals surface area contributed by atoms with Crippen molar-refractivity contribution in [1.82, 2.24) is 0 Å². The van der Waals surface area contributed by atoms with Crippen LogP contribution >= 0.6 is 0 Å². The summed E-state index contributed by atoms with van der Waals surface area (Å²) in [6.07, 6.45) is 0. The maximum Gasteiger partial charge on any atom is 0.297 e. The molecule has 2 rings (SSSR count). The lowest BCUT2D eigenvalue weighted by atomic mass is 10.2. The first-order valence-corrected chi connectivity index (χ1v) is 19.2.